The van der Waals surface area contributed by atoms with Gasteiger partial charge in [-0.15, -0.1) is 0 Å². The Morgan fingerprint density at radius 3 is 2.73 bits per heavy atom. The second kappa shape index (κ2) is 2.09. The summed E-state index contributed by atoms with van der Waals surface area (Å²) < 4.78 is 5.10. The predicted octanol–water partition coefficient (Wildman–Crippen LogP) is 1.64. The maximum Gasteiger partial charge on any atom is 0.0825 e. The first kappa shape index (κ1) is 6.87. The lowest BCUT2D eigenvalue weighted by molar-refractivity contribution is 0.239. The molecule has 1 aliphatic carbocycles. The van der Waals surface area contributed by atoms with Gasteiger partial charge < -0.3 is 4.74 Å². The van der Waals surface area contributed by atoms with Crippen LogP contribution in [0.3, 0.4) is 0 Å². The Kier molecular flexibility index (Phi) is 1.30. The van der Waals surface area contributed by atoms with Gasteiger partial charge in [0.05, 0.1) is 24.2 Å². The fourth-order valence-corrected chi connectivity index (χ4v) is 1.80. The monoisotopic (exact) mass is 149 g/mol. The number of rotatable bonds is 2. The average molecular weight is 149 g/mol. The number of ether oxygens (including phenoxy) is 1. The maximum absolute atomic E-state index is 8.88. The number of nitriles is 1. The van der Waals surface area contributed by atoms with E-state index in [1.54, 1.807) is 0 Å². The Balaban J connectivity index is 1.96. The minimum absolute atomic E-state index is 0.0990. The van der Waals surface area contributed by atoms with Crippen molar-refractivity contribution in [3.63, 3.8) is 0 Å². The van der Waals surface area contributed by atoms with Crippen LogP contribution in [0.25, 0.3) is 0 Å². The summed E-state index contributed by atoms with van der Waals surface area (Å²) in [7, 11) is 0. The van der Waals surface area contributed by atoms with Gasteiger partial charge in [-0.2, -0.15) is 5.26 Å². The van der Waals surface area contributed by atoms with Gasteiger partial charge in [-0.05, 0) is 19.3 Å². The molecule has 11 heavy (non-hydrogen) atoms. The molecule has 1 heterocycles. The van der Waals surface area contributed by atoms with Gasteiger partial charge in [-0.25, -0.2) is 0 Å². The average Bonchev–Trinajstić information content (AvgIpc) is 2.67. The van der Waals surface area contributed by atoms with Gasteiger partial charge in [0.15, 0.2) is 0 Å². The Morgan fingerprint density at radius 2 is 2.36 bits per heavy atom. The van der Waals surface area contributed by atoms with Crippen molar-refractivity contribution in [1.82, 2.24) is 0 Å². The van der Waals surface area contributed by atoms with E-state index in [1.807, 2.05) is 0 Å². The molecule has 2 heteroatoms. The first-order chi connectivity index (χ1) is 5.24. The van der Waals surface area contributed by atoms with Crippen LogP contribution < -0.4 is 0 Å². The standard InChI is InChI=1S/C9H11NO/c1-7-2-9(3-7,6-10)4-8-5-11-8/h8H,1-5H2. The van der Waals surface area contributed by atoms with Crippen LogP contribution in [0.2, 0.25) is 0 Å². The topological polar surface area (TPSA) is 36.3 Å². The molecule has 0 aromatic rings. The molecular weight excluding hydrogens is 138 g/mol. The van der Waals surface area contributed by atoms with E-state index in [9.17, 15) is 0 Å². The molecule has 0 radical (unpaired) electrons. The first-order valence-corrected chi connectivity index (χ1v) is 3.94. The van der Waals surface area contributed by atoms with Crippen molar-refractivity contribution in [2.75, 3.05) is 6.61 Å². The summed E-state index contributed by atoms with van der Waals surface area (Å²) in [6.07, 6.45) is 3.08. The zero-order valence-corrected chi connectivity index (χ0v) is 6.47. The molecule has 2 fully saturated rings. The molecule has 2 aliphatic rings. The van der Waals surface area contributed by atoms with Crippen LogP contribution in [0.4, 0.5) is 0 Å². The van der Waals surface area contributed by atoms with Crippen molar-refractivity contribution >= 4 is 0 Å². The van der Waals surface area contributed by atoms with E-state index >= 15 is 0 Å². The fraction of sp³-hybridized carbons (Fsp3) is 0.667. The minimum atomic E-state index is -0.0990. The van der Waals surface area contributed by atoms with Gasteiger partial charge in [0.25, 0.3) is 0 Å². The third-order valence-electron chi connectivity index (χ3n) is 2.43. The second-order valence-corrected chi connectivity index (χ2v) is 3.66. The largest absolute Gasteiger partial charge is 0.373 e. The van der Waals surface area contributed by atoms with E-state index in [1.165, 1.54) is 5.57 Å². The van der Waals surface area contributed by atoms with Gasteiger partial charge in [0.1, 0.15) is 0 Å². The molecule has 1 atom stereocenters. The number of hydrogen-bond donors (Lipinski definition) is 0. The second-order valence-electron chi connectivity index (χ2n) is 3.66. The Labute approximate surface area is 66.5 Å². The van der Waals surface area contributed by atoms with Crippen molar-refractivity contribution in [3.8, 4) is 6.07 Å². The zero-order chi connectivity index (χ0) is 7.90. The molecule has 58 valence electrons. The van der Waals surface area contributed by atoms with E-state index in [0.717, 1.165) is 25.9 Å². The lowest BCUT2D eigenvalue weighted by Gasteiger charge is -2.36. The van der Waals surface area contributed by atoms with Gasteiger partial charge in [0, 0.05) is 0 Å². The molecule has 0 aromatic carbocycles. The zero-order valence-electron chi connectivity index (χ0n) is 6.47. The Morgan fingerprint density at radius 1 is 1.73 bits per heavy atom. The predicted molar refractivity (Wildman–Crippen MR) is 40.8 cm³/mol. The molecule has 0 N–H and O–H groups in total. The van der Waals surface area contributed by atoms with Crippen LogP contribution in [0.5, 0.6) is 0 Å². The van der Waals surface area contributed by atoms with Gasteiger partial charge in [-0.1, -0.05) is 12.2 Å². The van der Waals surface area contributed by atoms with Crippen molar-refractivity contribution < 1.29 is 4.74 Å². The van der Waals surface area contributed by atoms with E-state index in [-0.39, 0.29) is 5.41 Å². The SMILES string of the molecule is C=C1CC(C#N)(CC2CO2)C1. The highest BCUT2D eigenvalue weighted by atomic mass is 16.6. The molecule has 0 bridgehead atoms. The summed E-state index contributed by atoms with van der Waals surface area (Å²) in [5.74, 6) is 0. The smallest absolute Gasteiger partial charge is 0.0825 e. The highest BCUT2D eigenvalue weighted by molar-refractivity contribution is 5.23. The lowest BCUT2D eigenvalue weighted by Crippen LogP contribution is -2.30. The van der Waals surface area contributed by atoms with Gasteiger partial charge in [0.2, 0.25) is 0 Å². The highest BCUT2D eigenvalue weighted by Gasteiger charge is 2.44. The summed E-state index contributed by atoms with van der Waals surface area (Å²) in [6, 6.07) is 2.38. The molecule has 2 nitrogen and oxygen atoms in total. The maximum atomic E-state index is 8.88. The van der Waals surface area contributed by atoms with Crippen LogP contribution in [-0.2, 0) is 4.74 Å². The van der Waals surface area contributed by atoms with Crippen LogP contribution in [0.15, 0.2) is 12.2 Å². The quantitative estimate of drug-likeness (QED) is 0.442. The summed E-state index contributed by atoms with van der Waals surface area (Å²) in [4.78, 5) is 0. The van der Waals surface area contributed by atoms with Crippen molar-refractivity contribution in [2.45, 2.75) is 25.4 Å². The summed E-state index contributed by atoms with van der Waals surface area (Å²) >= 11 is 0. The van der Waals surface area contributed by atoms with Crippen LogP contribution >= 0.6 is 0 Å². The van der Waals surface area contributed by atoms with E-state index in [4.69, 9.17) is 10.00 Å². The molecular formula is C9H11NO. The molecule has 0 amide bonds. The highest BCUT2D eigenvalue weighted by Crippen LogP contribution is 2.48. The molecule has 0 spiro atoms. The molecule has 1 unspecified atom stereocenters. The van der Waals surface area contributed by atoms with Crippen LogP contribution in [0, 0.1) is 16.7 Å². The number of hydrogen-bond acceptors (Lipinski definition) is 2. The Hall–Kier alpha value is -0.810. The number of allylic oxidation sites excluding steroid dienone is 1. The molecule has 2 rings (SSSR count). The lowest BCUT2D eigenvalue weighted by atomic mass is 9.64. The van der Waals surface area contributed by atoms with Crippen LogP contribution in [0.1, 0.15) is 19.3 Å². The van der Waals surface area contributed by atoms with Crippen molar-refractivity contribution in [3.05, 3.63) is 12.2 Å². The summed E-state index contributed by atoms with van der Waals surface area (Å²) in [5.41, 5.74) is 1.12. The van der Waals surface area contributed by atoms with Gasteiger partial charge in [-0.3, -0.25) is 0 Å². The molecule has 0 aromatic heterocycles. The minimum Gasteiger partial charge on any atom is -0.373 e. The van der Waals surface area contributed by atoms with E-state index in [0.29, 0.717) is 6.10 Å². The van der Waals surface area contributed by atoms with Crippen LogP contribution in [-0.4, -0.2) is 12.7 Å². The summed E-state index contributed by atoms with van der Waals surface area (Å²) in [6.45, 7) is 4.70. The normalized spacial score (nSPS) is 32.3. The van der Waals surface area contributed by atoms with E-state index < -0.39 is 0 Å². The Bertz CT molecular complexity index is 226. The van der Waals surface area contributed by atoms with Gasteiger partial charge >= 0.3 is 0 Å². The van der Waals surface area contributed by atoms with Crippen molar-refractivity contribution in [1.29, 1.82) is 5.26 Å². The third kappa shape index (κ3) is 1.17. The summed E-state index contributed by atoms with van der Waals surface area (Å²) in [5, 5.41) is 8.88. The molecule has 1 saturated carbocycles. The van der Waals surface area contributed by atoms with Crippen molar-refractivity contribution in [2.24, 2.45) is 5.41 Å². The molecule has 1 aliphatic heterocycles. The first-order valence-electron chi connectivity index (χ1n) is 3.94. The van der Waals surface area contributed by atoms with E-state index in [2.05, 4.69) is 12.6 Å². The number of epoxide rings is 1. The fourth-order valence-electron chi connectivity index (χ4n) is 1.80. The molecule has 1 saturated heterocycles. The third-order valence-corrected chi connectivity index (χ3v) is 2.43. The number of nitrogens with zero attached hydrogens (tertiary/aromatic N) is 1.